The lowest BCUT2D eigenvalue weighted by Crippen LogP contribution is -2.60. The summed E-state index contributed by atoms with van der Waals surface area (Å²) >= 11 is 0. The molecule has 1 aromatic carbocycles. The van der Waals surface area contributed by atoms with Crippen molar-refractivity contribution >= 4 is 17.9 Å². The second-order valence-electron chi connectivity index (χ2n) is 9.65. The fraction of sp³-hybridized carbons (Fsp3) is 0.480. The molecular formula is C25H34N4O5. The molecule has 1 aromatic heterocycles. The predicted molar refractivity (Wildman–Crippen MR) is 127 cm³/mol. The normalized spacial score (nSPS) is 17.7. The maximum atomic E-state index is 13.0. The van der Waals surface area contributed by atoms with Crippen molar-refractivity contribution in [1.82, 2.24) is 20.4 Å². The zero-order valence-electron chi connectivity index (χ0n) is 20.0. The van der Waals surface area contributed by atoms with Crippen LogP contribution < -0.4 is 10.6 Å². The molecule has 3 rings (SSSR count). The number of carbonyl (C=O) groups excluding carboxylic acids is 2. The van der Waals surface area contributed by atoms with Crippen molar-refractivity contribution in [2.75, 3.05) is 26.2 Å². The van der Waals surface area contributed by atoms with E-state index in [1.807, 2.05) is 51.1 Å². The van der Waals surface area contributed by atoms with Gasteiger partial charge in [-0.3, -0.25) is 14.5 Å². The highest BCUT2D eigenvalue weighted by atomic mass is 16.4. The van der Waals surface area contributed by atoms with Crippen molar-refractivity contribution < 1.29 is 23.9 Å². The molecule has 2 aromatic rings. The number of amides is 3. The summed E-state index contributed by atoms with van der Waals surface area (Å²) in [5.41, 5.74) is 0.738. The standard InChI is InChI=1S/C25H34N4O5/c1-25(2,3)21-17-28(13-14-29(21)24(32)33)12-11-19(27-23(31)20-10-7-15-34-20)22(30)26-16-18-8-5-4-6-9-18/h4-10,15,19,21H,11-14,16-17H2,1-3H3,(H,26,30)(H,27,31)(H,32,33)/t19?,21-/m1/s1. The van der Waals surface area contributed by atoms with Gasteiger partial charge in [-0.2, -0.15) is 0 Å². The van der Waals surface area contributed by atoms with E-state index in [1.165, 1.54) is 11.2 Å². The molecule has 1 unspecified atom stereocenters. The smallest absolute Gasteiger partial charge is 0.407 e. The van der Waals surface area contributed by atoms with Crippen LogP contribution in [0.5, 0.6) is 0 Å². The van der Waals surface area contributed by atoms with E-state index in [0.717, 1.165) is 5.56 Å². The molecule has 0 bridgehead atoms. The van der Waals surface area contributed by atoms with Crippen LogP contribution in [0.3, 0.4) is 0 Å². The Hall–Kier alpha value is -3.33. The van der Waals surface area contributed by atoms with Gasteiger partial charge in [0.2, 0.25) is 5.91 Å². The highest BCUT2D eigenvalue weighted by Gasteiger charge is 2.38. The van der Waals surface area contributed by atoms with Crippen molar-refractivity contribution in [3.05, 3.63) is 60.1 Å². The monoisotopic (exact) mass is 470 g/mol. The van der Waals surface area contributed by atoms with Gasteiger partial charge in [0.15, 0.2) is 5.76 Å². The van der Waals surface area contributed by atoms with Crippen molar-refractivity contribution in [3.8, 4) is 0 Å². The Bertz CT molecular complexity index is 955. The van der Waals surface area contributed by atoms with Gasteiger partial charge in [0.1, 0.15) is 6.04 Å². The lowest BCUT2D eigenvalue weighted by Gasteiger charge is -2.46. The van der Waals surface area contributed by atoms with Crippen LogP contribution in [0.15, 0.2) is 53.1 Å². The molecule has 1 aliphatic heterocycles. The average molecular weight is 471 g/mol. The lowest BCUT2D eigenvalue weighted by molar-refractivity contribution is -0.123. The van der Waals surface area contributed by atoms with Crippen LogP contribution in [0.4, 0.5) is 4.79 Å². The maximum Gasteiger partial charge on any atom is 0.407 e. The molecule has 0 saturated carbocycles. The highest BCUT2D eigenvalue weighted by molar-refractivity contribution is 5.95. The molecule has 0 radical (unpaired) electrons. The Balaban J connectivity index is 1.65. The van der Waals surface area contributed by atoms with E-state index < -0.39 is 18.0 Å². The molecule has 184 valence electrons. The second-order valence-corrected chi connectivity index (χ2v) is 9.65. The molecule has 3 amide bonds. The lowest BCUT2D eigenvalue weighted by atomic mass is 9.84. The van der Waals surface area contributed by atoms with Gasteiger partial charge in [0.05, 0.1) is 12.3 Å². The second kappa shape index (κ2) is 11.2. The molecule has 3 N–H and O–H groups in total. The number of hydrogen-bond acceptors (Lipinski definition) is 5. The number of nitrogens with one attached hydrogen (secondary N) is 2. The van der Waals surface area contributed by atoms with Crippen molar-refractivity contribution in [2.24, 2.45) is 5.41 Å². The van der Waals surface area contributed by atoms with Crippen LogP contribution >= 0.6 is 0 Å². The Kier molecular flexibility index (Phi) is 8.33. The quantitative estimate of drug-likeness (QED) is 0.547. The van der Waals surface area contributed by atoms with E-state index >= 15 is 0 Å². The van der Waals surface area contributed by atoms with E-state index in [-0.39, 0.29) is 23.1 Å². The first-order valence-electron chi connectivity index (χ1n) is 11.5. The Morgan fingerprint density at radius 3 is 2.47 bits per heavy atom. The van der Waals surface area contributed by atoms with Gasteiger partial charge in [-0.1, -0.05) is 51.1 Å². The van der Waals surface area contributed by atoms with Crippen molar-refractivity contribution in [2.45, 2.75) is 45.8 Å². The molecule has 34 heavy (non-hydrogen) atoms. The van der Waals surface area contributed by atoms with Gasteiger partial charge in [0.25, 0.3) is 5.91 Å². The third kappa shape index (κ3) is 6.84. The third-order valence-electron chi connectivity index (χ3n) is 6.12. The molecule has 1 aliphatic rings. The summed E-state index contributed by atoms with van der Waals surface area (Å²) in [5, 5.41) is 15.3. The number of piperazine rings is 1. The topological polar surface area (TPSA) is 115 Å². The minimum absolute atomic E-state index is 0.142. The first-order valence-corrected chi connectivity index (χ1v) is 11.5. The summed E-state index contributed by atoms with van der Waals surface area (Å²) in [6, 6.07) is 11.8. The molecule has 2 atom stereocenters. The van der Waals surface area contributed by atoms with Crippen LogP contribution in [0.25, 0.3) is 0 Å². The first kappa shape index (κ1) is 25.3. The van der Waals surface area contributed by atoms with E-state index in [2.05, 4.69) is 15.5 Å². The van der Waals surface area contributed by atoms with E-state index in [9.17, 15) is 19.5 Å². The maximum absolute atomic E-state index is 13.0. The summed E-state index contributed by atoms with van der Waals surface area (Å²) in [6.45, 7) is 8.53. The number of nitrogens with zero attached hydrogens (tertiary/aromatic N) is 2. The predicted octanol–water partition coefficient (Wildman–Crippen LogP) is 2.79. The van der Waals surface area contributed by atoms with Gasteiger partial charge < -0.3 is 25.1 Å². The van der Waals surface area contributed by atoms with Gasteiger partial charge in [0, 0.05) is 32.7 Å². The van der Waals surface area contributed by atoms with Crippen LogP contribution in [-0.2, 0) is 11.3 Å². The van der Waals surface area contributed by atoms with Gasteiger partial charge in [-0.15, -0.1) is 0 Å². The van der Waals surface area contributed by atoms with E-state index in [4.69, 9.17) is 4.42 Å². The number of carboxylic acid groups (broad SMARTS) is 1. The van der Waals surface area contributed by atoms with Gasteiger partial charge in [-0.25, -0.2) is 4.79 Å². The fourth-order valence-electron chi connectivity index (χ4n) is 4.14. The van der Waals surface area contributed by atoms with Crippen molar-refractivity contribution in [3.63, 3.8) is 0 Å². The number of rotatable bonds is 8. The number of benzene rings is 1. The summed E-state index contributed by atoms with van der Waals surface area (Å²) in [4.78, 5) is 40.9. The molecule has 2 heterocycles. The Morgan fingerprint density at radius 1 is 1.12 bits per heavy atom. The third-order valence-corrected chi connectivity index (χ3v) is 6.12. The largest absolute Gasteiger partial charge is 0.465 e. The summed E-state index contributed by atoms with van der Waals surface area (Å²) in [6.07, 6.45) is 0.883. The zero-order valence-corrected chi connectivity index (χ0v) is 20.0. The summed E-state index contributed by atoms with van der Waals surface area (Å²) < 4.78 is 5.17. The molecule has 9 heteroatoms. The summed E-state index contributed by atoms with van der Waals surface area (Å²) in [7, 11) is 0. The van der Waals surface area contributed by atoms with Crippen LogP contribution in [-0.4, -0.2) is 71.1 Å². The summed E-state index contributed by atoms with van der Waals surface area (Å²) in [5.74, 6) is -0.586. The molecule has 1 fully saturated rings. The molecular weight excluding hydrogens is 436 g/mol. The molecule has 0 spiro atoms. The number of hydrogen-bond donors (Lipinski definition) is 3. The fourth-order valence-corrected chi connectivity index (χ4v) is 4.14. The number of carbonyl (C=O) groups is 3. The zero-order chi connectivity index (χ0) is 24.7. The minimum atomic E-state index is -0.913. The van der Waals surface area contributed by atoms with Crippen LogP contribution in [0.1, 0.15) is 43.3 Å². The van der Waals surface area contributed by atoms with Gasteiger partial charge >= 0.3 is 6.09 Å². The van der Waals surface area contributed by atoms with Crippen molar-refractivity contribution in [1.29, 1.82) is 0 Å². The van der Waals surface area contributed by atoms with Crippen LogP contribution in [0.2, 0.25) is 0 Å². The SMILES string of the molecule is CC(C)(C)[C@H]1CN(CCC(NC(=O)c2ccco2)C(=O)NCc2ccccc2)CCN1C(=O)O. The Labute approximate surface area is 200 Å². The Morgan fingerprint density at radius 2 is 1.85 bits per heavy atom. The first-order chi connectivity index (χ1) is 16.1. The average Bonchev–Trinajstić information content (AvgIpc) is 3.35. The van der Waals surface area contributed by atoms with E-state index in [1.54, 1.807) is 12.1 Å². The number of furan rings is 1. The van der Waals surface area contributed by atoms with Crippen LogP contribution in [0, 0.1) is 5.41 Å². The molecule has 0 aliphatic carbocycles. The molecule has 1 saturated heterocycles. The molecule has 9 nitrogen and oxygen atoms in total. The van der Waals surface area contributed by atoms with Gasteiger partial charge in [-0.05, 0) is 29.5 Å². The minimum Gasteiger partial charge on any atom is -0.465 e. The van der Waals surface area contributed by atoms with E-state index in [0.29, 0.717) is 39.1 Å². The highest BCUT2D eigenvalue weighted by Crippen LogP contribution is 2.28.